The third-order valence-electron chi connectivity index (χ3n) is 4.40. The van der Waals surface area contributed by atoms with E-state index in [-0.39, 0.29) is 35.9 Å². The summed E-state index contributed by atoms with van der Waals surface area (Å²) in [5.41, 5.74) is 0. The summed E-state index contributed by atoms with van der Waals surface area (Å²) in [6.45, 7) is 10.4. The summed E-state index contributed by atoms with van der Waals surface area (Å²) in [5, 5.41) is 2.97. The van der Waals surface area contributed by atoms with Crippen LogP contribution in [0.3, 0.4) is 0 Å². The number of carbonyl (C=O) groups excluding carboxylic acids is 2. The van der Waals surface area contributed by atoms with Crippen LogP contribution < -0.4 is 5.32 Å². The molecule has 1 aliphatic heterocycles. The Labute approximate surface area is 122 Å². The Bertz CT molecular complexity index is 388. The average Bonchev–Trinajstić information content (AvgIpc) is 3.13. The van der Waals surface area contributed by atoms with Crippen molar-refractivity contribution in [3.05, 3.63) is 0 Å². The van der Waals surface area contributed by atoms with E-state index in [2.05, 4.69) is 26.1 Å². The number of amides is 2. The molecule has 0 aromatic carbocycles. The van der Waals surface area contributed by atoms with E-state index in [9.17, 15) is 9.59 Å². The lowest BCUT2D eigenvalue weighted by atomic mass is 9.92. The monoisotopic (exact) mass is 280 g/mol. The standard InChI is InChI=1S/C16H28N2O2/c1-9(2)8-11(5)18-14(10(3)4)15(19)17-13(16(18)20)12-6-7-12/h9-14H,6-8H2,1-5H3,(H,17,19). The van der Waals surface area contributed by atoms with Crippen molar-refractivity contribution in [1.82, 2.24) is 10.2 Å². The summed E-state index contributed by atoms with van der Waals surface area (Å²) in [4.78, 5) is 27.1. The Morgan fingerprint density at radius 1 is 1.15 bits per heavy atom. The molecule has 3 atom stereocenters. The van der Waals surface area contributed by atoms with E-state index in [4.69, 9.17) is 0 Å². The van der Waals surface area contributed by atoms with E-state index >= 15 is 0 Å². The minimum Gasteiger partial charge on any atom is -0.342 e. The fourth-order valence-electron chi connectivity index (χ4n) is 3.38. The minimum absolute atomic E-state index is 0.0344. The molecular weight excluding hydrogens is 252 g/mol. The summed E-state index contributed by atoms with van der Waals surface area (Å²) in [6, 6.07) is -0.458. The van der Waals surface area contributed by atoms with Crippen molar-refractivity contribution >= 4 is 11.8 Å². The molecular formula is C16H28N2O2. The number of nitrogens with zero attached hydrogens (tertiary/aromatic N) is 1. The van der Waals surface area contributed by atoms with Crippen LogP contribution in [0, 0.1) is 17.8 Å². The molecule has 4 nitrogen and oxygen atoms in total. The molecule has 2 aliphatic rings. The number of piperazine rings is 1. The zero-order valence-electron chi connectivity index (χ0n) is 13.3. The van der Waals surface area contributed by atoms with Gasteiger partial charge in [-0.05, 0) is 43.9 Å². The molecule has 1 N–H and O–H groups in total. The van der Waals surface area contributed by atoms with Crippen LogP contribution >= 0.6 is 0 Å². The Balaban J connectivity index is 2.23. The van der Waals surface area contributed by atoms with Gasteiger partial charge in [0, 0.05) is 6.04 Å². The second-order valence-electron chi connectivity index (χ2n) is 7.24. The van der Waals surface area contributed by atoms with Gasteiger partial charge in [0.15, 0.2) is 0 Å². The predicted octanol–water partition coefficient (Wildman–Crippen LogP) is 2.18. The summed E-state index contributed by atoms with van der Waals surface area (Å²) in [7, 11) is 0. The van der Waals surface area contributed by atoms with Gasteiger partial charge in [0.05, 0.1) is 0 Å². The highest BCUT2D eigenvalue weighted by atomic mass is 16.2. The molecule has 1 heterocycles. The normalized spacial score (nSPS) is 29.1. The van der Waals surface area contributed by atoms with E-state index in [1.54, 1.807) is 0 Å². The zero-order valence-corrected chi connectivity index (χ0v) is 13.3. The summed E-state index contributed by atoms with van der Waals surface area (Å²) < 4.78 is 0. The number of carbonyl (C=O) groups is 2. The van der Waals surface area contributed by atoms with Crippen LogP contribution in [0.4, 0.5) is 0 Å². The van der Waals surface area contributed by atoms with Crippen LogP contribution in [-0.4, -0.2) is 34.8 Å². The van der Waals surface area contributed by atoms with Gasteiger partial charge in [-0.15, -0.1) is 0 Å². The molecule has 2 amide bonds. The quantitative estimate of drug-likeness (QED) is 0.839. The Kier molecular flexibility index (Phi) is 4.40. The van der Waals surface area contributed by atoms with Gasteiger partial charge in [0.1, 0.15) is 12.1 Å². The fraction of sp³-hybridized carbons (Fsp3) is 0.875. The summed E-state index contributed by atoms with van der Waals surface area (Å²) in [6.07, 6.45) is 3.07. The van der Waals surface area contributed by atoms with Crippen LogP contribution in [0.15, 0.2) is 0 Å². The maximum atomic E-state index is 12.8. The van der Waals surface area contributed by atoms with Crippen molar-refractivity contribution in [3.63, 3.8) is 0 Å². The molecule has 3 unspecified atom stereocenters. The third kappa shape index (κ3) is 2.99. The molecule has 2 fully saturated rings. The lowest BCUT2D eigenvalue weighted by Gasteiger charge is -2.44. The molecule has 0 spiro atoms. The van der Waals surface area contributed by atoms with Crippen molar-refractivity contribution in [2.75, 3.05) is 0 Å². The highest BCUT2D eigenvalue weighted by Crippen LogP contribution is 2.36. The van der Waals surface area contributed by atoms with Gasteiger partial charge in [-0.25, -0.2) is 0 Å². The lowest BCUT2D eigenvalue weighted by molar-refractivity contribution is -0.154. The molecule has 0 radical (unpaired) electrons. The van der Waals surface area contributed by atoms with Gasteiger partial charge in [-0.1, -0.05) is 27.7 Å². The molecule has 0 aromatic heterocycles. The van der Waals surface area contributed by atoms with Gasteiger partial charge in [-0.3, -0.25) is 9.59 Å². The van der Waals surface area contributed by atoms with Crippen LogP contribution in [0.2, 0.25) is 0 Å². The first kappa shape index (κ1) is 15.3. The zero-order chi connectivity index (χ0) is 15.0. The van der Waals surface area contributed by atoms with Crippen molar-refractivity contribution in [1.29, 1.82) is 0 Å². The fourth-order valence-corrected chi connectivity index (χ4v) is 3.38. The highest BCUT2D eigenvalue weighted by Gasteiger charge is 2.48. The Morgan fingerprint density at radius 3 is 2.20 bits per heavy atom. The highest BCUT2D eigenvalue weighted by molar-refractivity contribution is 5.97. The van der Waals surface area contributed by atoms with Gasteiger partial charge in [-0.2, -0.15) is 0 Å². The number of nitrogens with one attached hydrogen (secondary N) is 1. The maximum Gasteiger partial charge on any atom is 0.246 e. The summed E-state index contributed by atoms with van der Waals surface area (Å²) >= 11 is 0. The van der Waals surface area contributed by atoms with Crippen molar-refractivity contribution in [2.24, 2.45) is 17.8 Å². The van der Waals surface area contributed by atoms with Crippen LogP contribution in [0.5, 0.6) is 0 Å². The molecule has 0 aromatic rings. The molecule has 1 aliphatic carbocycles. The van der Waals surface area contributed by atoms with Crippen LogP contribution in [0.25, 0.3) is 0 Å². The third-order valence-corrected chi connectivity index (χ3v) is 4.40. The molecule has 4 heteroatoms. The van der Waals surface area contributed by atoms with E-state index in [1.165, 1.54) is 0 Å². The van der Waals surface area contributed by atoms with Gasteiger partial charge < -0.3 is 10.2 Å². The van der Waals surface area contributed by atoms with E-state index in [0.717, 1.165) is 19.3 Å². The Hall–Kier alpha value is -1.06. The molecule has 1 saturated carbocycles. The van der Waals surface area contributed by atoms with Crippen LogP contribution in [-0.2, 0) is 9.59 Å². The first-order valence-electron chi connectivity index (χ1n) is 7.95. The van der Waals surface area contributed by atoms with Gasteiger partial charge >= 0.3 is 0 Å². The second-order valence-corrected chi connectivity index (χ2v) is 7.24. The summed E-state index contributed by atoms with van der Waals surface area (Å²) in [5.74, 6) is 1.21. The predicted molar refractivity (Wildman–Crippen MR) is 79.0 cm³/mol. The Morgan fingerprint density at radius 2 is 1.75 bits per heavy atom. The molecule has 0 bridgehead atoms. The minimum atomic E-state index is -0.314. The molecule has 114 valence electrons. The van der Waals surface area contributed by atoms with Gasteiger partial charge in [0.25, 0.3) is 0 Å². The number of rotatable bonds is 5. The molecule has 2 rings (SSSR count). The van der Waals surface area contributed by atoms with Crippen molar-refractivity contribution < 1.29 is 9.59 Å². The smallest absolute Gasteiger partial charge is 0.246 e. The first-order chi connectivity index (χ1) is 9.32. The number of hydrogen-bond acceptors (Lipinski definition) is 2. The van der Waals surface area contributed by atoms with E-state index in [0.29, 0.717) is 11.8 Å². The lowest BCUT2D eigenvalue weighted by Crippen LogP contribution is -2.67. The average molecular weight is 280 g/mol. The second kappa shape index (κ2) is 5.74. The van der Waals surface area contributed by atoms with Crippen LogP contribution in [0.1, 0.15) is 53.9 Å². The van der Waals surface area contributed by atoms with Crippen molar-refractivity contribution in [2.45, 2.75) is 72.0 Å². The van der Waals surface area contributed by atoms with Gasteiger partial charge in [0.2, 0.25) is 11.8 Å². The molecule has 20 heavy (non-hydrogen) atoms. The topological polar surface area (TPSA) is 49.4 Å². The SMILES string of the molecule is CC(C)CC(C)N1C(=O)C(C2CC2)NC(=O)C1C(C)C. The maximum absolute atomic E-state index is 12.8. The van der Waals surface area contributed by atoms with E-state index < -0.39 is 0 Å². The first-order valence-corrected chi connectivity index (χ1v) is 7.95. The van der Waals surface area contributed by atoms with Crippen molar-refractivity contribution in [3.8, 4) is 0 Å². The number of hydrogen-bond donors (Lipinski definition) is 1. The van der Waals surface area contributed by atoms with E-state index in [1.807, 2.05) is 18.7 Å². The molecule has 1 saturated heterocycles. The largest absolute Gasteiger partial charge is 0.342 e.